The molecular formula is C22H27N3O3S2. The van der Waals surface area contributed by atoms with Crippen molar-refractivity contribution in [2.45, 2.75) is 43.0 Å². The molecule has 1 saturated heterocycles. The average molecular weight is 446 g/mol. The summed E-state index contributed by atoms with van der Waals surface area (Å²) in [5.41, 5.74) is 1.94. The number of carbonyl (C=O) groups excluding carboxylic acids is 1. The van der Waals surface area contributed by atoms with E-state index in [2.05, 4.69) is 21.7 Å². The van der Waals surface area contributed by atoms with Crippen molar-refractivity contribution in [2.75, 3.05) is 31.5 Å². The molecule has 1 N–H and O–H groups in total. The molecule has 1 aliphatic carbocycles. The summed E-state index contributed by atoms with van der Waals surface area (Å²) in [6.45, 7) is 2.37. The summed E-state index contributed by atoms with van der Waals surface area (Å²) in [6, 6.07) is 9.20. The van der Waals surface area contributed by atoms with Crippen molar-refractivity contribution < 1.29 is 13.2 Å². The minimum atomic E-state index is -3.49. The highest BCUT2D eigenvalue weighted by atomic mass is 32.2. The van der Waals surface area contributed by atoms with Crippen LogP contribution < -0.4 is 5.32 Å². The maximum Gasteiger partial charge on any atom is 0.243 e. The topological polar surface area (TPSA) is 69.7 Å². The summed E-state index contributed by atoms with van der Waals surface area (Å²) in [4.78, 5) is 16.8. The molecule has 5 rings (SSSR count). The molecule has 1 aromatic carbocycles. The first-order chi connectivity index (χ1) is 14.5. The van der Waals surface area contributed by atoms with Gasteiger partial charge in [-0.1, -0.05) is 6.07 Å². The molecule has 1 atom stereocenters. The molecule has 0 bridgehead atoms. The zero-order chi connectivity index (χ0) is 20.7. The largest absolute Gasteiger partial charge is 0.325 e. The fourth-order valence-electron chi connectivity index (χ4n) is 4.74. The van der Waals surface area contributed by atoms with Gasteiger partial charge < -0.3 is 5.32 Å². The highest BCUT2D eigenvalue weighted by Crippen LogP contribution is 2.48. The normalized spacial score (nSPS) is 22.7. The molecule has 2 fully saturated rings. The van der Waals surface area contributed by atoms with Gasteiger partial charge in [0.25, 0.3) is 0 Å². The van der Waals surface area contributed by atoms with Crippen LogP contribution >= 0.6 is 11.3 Å². The molecule has 160 valence electrons. The van der Waals surface area contributed by atoms with Crippen molar-refractivity contribution in [3.05, 3.63) is 46.2 Å². The Bertz CT molecular complexity index is 1040. The number of sulfonamides is 1. The molecule has 8 heteroatoms. The van der Waals surface area contributed by atoms with Gasteiger partial charge in [0.2, 0.25) is 15.9 Å². The number of amides is 1. The SMILES string of the molecule is O=C(CN1CCc2sccc2[C@H]1C1CC1)Nc1cccc(S(=O)(=O)N2CCCC2)c1. The molecular weight excluding hydrogens is 418 g/mol. The zero-order valence-corrected chi connectivity index (χ0v) is 18.6. The van der Waals surface area contributed by atoms with Crippen molar-refractivity contribution in [3.63, 3.8) is 0 Å². The van der Waals surface area contributed by atoms with Crippen LogP contribution in [0.1, 0.15) is 42.2 Å². The van der Waals surface area contributed by atoms with E-state index in [-0.39, 0.29) is 10.8 Å². The molecule has 2 aromatic rings. The summed E-state index contributed by atoms with van der Waals surface area (Å²) in [7, 11) is -3.49. The van der Waals surface area contributed by atoms with Crippen molar-refractivity contribution in [1.29, 1.82) is 0 Å². The second kappa shape index (κ2) is 8.07. The summed E-state index contributed by atoms with van der Waals surface area (Å²) >= 11 is 1.82. The lowest BCUT2D eigenvalue weighted by atomic mass is 9.96. The molecule has 30 heavy (non-hydrogen) atoms. The molecule has 0 radical (unpaired) electrons. The van der Waals surface area contributed by atoms with Gasteiger partial charge in [-0.05, 0) is 73.2 Å². The molecule has 2 aliphatic heterocycles. The molecule has 6 nitrogen and oxygen atoms in total. The van der Waals surface area contributed by atoms with Crippen molar-refractivity contribution >= 4 is 33.0 Å². The number of nitrogens with zero attached hydrogens (tertiary/aromatic N) is 2. The van der Waals surface area contributed by atoms with Crippen LogP contribution in [0.2, 0.25) is 0 Å². The minimum Gasteiger partial charge on any atom is -0.325 e. The van der Waals surface area contributed by atoms with Gasteiger partial charge >= 0.3 is 0 Å². The highest BCUT2D eigenvalue weighted by molar-refractivity contribution is 7.89. The van der Waals surface area contributed by atoms with Crippen molar-refractivity contribution in [1.82, 2.24) is 9.21 Å². The van der Waals surface area contributed by atoms with E-state index in [9.17, 15) is 13.2 Å². The van der Waals surface area contributed by atoms with E-state index in [1.54, 1.807) is 24.3 Å². The number of benzene rings is 1. The quantitative estimate of drug-likeness (QED) is 0.739. The van der Waals surface area contributed by atoms with Crippen molar-refractivity contribution in [2.24, 2.45) is 5.92 Å². The third-order valence-corrected chi connectivity index (χ3v) is 9.24. The Morgan fingerprint density at radius 2 is 1.93 bits per heavy atom. The van der Waals surface area contributed by atoms with E-state index >= 15 is 0 Å². The average Bonchev–Trinajstić information content (AvgIpc) is 3.20. The first kappa shape index (κ1) is 20.2. The first-order valence-corrected chi connectivity index (χ1v) is 13.0. The maximum atomic E-state index is 12.8. The van der Waals surface area contributed by atoms with Gasteiger partial charge in [-0.2, -0.15) is 4.31 Å². The molecule has 1 amide bonds. The Labute approximate surface area is 181 Å². The van der Waals surface area contributed by atoms with Gasteiger partial charge in [0.15, 0.2) is 0 Å². The Morgan fingerprint density at radius 3 is 2.70 bits per heavy atom. The second-order valence-electron chi connectivity index (χ2n) is 8.49. The molecule has 0 spiro atoms. The fourth-order valence-corrected chi connectivity index (χ4v) is 7.21. The van der Waals surface area contributed by atoms with Crippen LogP contribution in [0.4, 0.5) is 5.69 Å². The van der Waals surface area contributed by atoms with Crippen LogP contribution in [-0.2, 0) is 21.2 Å². The maximum absolute atomic E-state index is 12.8. The fraction of sp³-hybridized carbons (Fsp3) is 0.500. The summed E-state index contributed by atoms with van der Waals surface area (Å²) in [6.07, 6.45) is 5.26. The van der Waals surface area contributed by atoms with Crippen LogP contribution in [0.3, 0.4) is 0 Å². The number of thiophene rings is 1. The van der Waals surface area contributed by atoms with Crippen LogP contribution in [-0.4, -0.2) is 49.7 Å². The standard InChI is InChI=1S/C22H27N3O3S2/c26-21(15-24-12-8-20-19(9-13-29-20)22(24)16-6-7-16)23-17-4-3-5-18(14-17)30(27,28)25-10-1-2-11-25/h3-5,9,13-14,16,22H,1-2,6-8,10-12,15H2,(H,23,26)/t22-/m1/s1. The van der Waals surface area contributed by atoms with Gasteiger partial charge in [-0.3, -0.25) is 9.69 Å². The Morgan fingerprint density at radius 1 is 1.13 bits per heavy atom. The van der Waals surface area contributed by atoms with Crippen LogP contribution in [0, 0.1) is 5.92 Å². The van der Waals surface area contributed by atoms with E-state index in [0.717, 1.165) is 25.8 Å². The number of anilines is 1. The summed E-state index contributed by atoms with van der Waals surface area (Å²) in [5.74, 6) is 0.565. The Kier molecular flexibility index (Phi) is 5.43. The van der Waals surface area contributed by atoms with Gasteiger partial charge in [-0.25, -0.2) is 8.42 Å². The van der Waals surface area contributed by atoms with E-state index < -0.39 is 10.0 Å². The Balaban J connectivity index is 1.28. The Hall–Kier alpha value is -1.74. The predicted octanol–water partition coefficient (Wildman–Crippen LogP) is 3.48. The summed E-state index contributed by atoms with van der Waals surface area (Å²) in [5, 5.41) is 5.09. The molecule has 0 unspecified atom stereocenters. The van der Waals surface area contributed by atoms with E-state index in [1.165, 1.54) is 27.6 Å². The lowest BCUT2D eigenvalue weighted by Gasteiger charge is -2.35. The van der Waals surface area contributed by atoms with E-state index in [0.29, 0.717) is 37.3 Å². The molecule has 1 aromatic heterocycles. The van der Waals surface area contributed by atoms with Gasteiger partial charge in [0.1, 0.15) is 0 Å². The second-order valence-corrected chi connectivity index (χ2v) is 11.4. The number of rotatable bonds is 6. The number of hydrogen-bond acceptors (Lipinski definition) is 5. The van der Waals surface area contributed by atoms with Crippen LogP contribution in [0.5, 0.6) is 0 Å². The number of hydrogen-bond donors (Lipinski definition) is 1. The monoisotopic (exact) mass is 445 g/mol. The van der Waals surface area contributed by atoms with Gasteiger partial charge in [0, 0.05) is 36.2 Å². The van der Waals surface area contributed by atoms with Crippen molar-refractivity contribution in [3.8, 4) is 0 Å². The third kappa shape index (κ3) is 3.93. The smallest absolute Gasteiger partial charge is 0.243 e. The number of carbonyl (C=O) groups is 1. The molecule has 3 heterocycles. The molecule has 3 aliphatic rings. The van der Waals surface area contributed by atoms with Crippen LogP contribution in [0.15, 0.2) is 40.6 Å². The van der Waals surface area contributed by atoms with E-state index in [1.807, 2.05) is 11.3 Å². The lowest BCUT2D eigenvalue weighted by Crippen LogP contribution is -2.41. The van der Waals surface area contributed by atoms with Gasteiger partial charge in [0.05, 0.1) is 11.4 Å². The predicted molar refractivity (Wildman–Crippen MR) is 118 cm³/mol. The third-order valence-electron chi connectivity index (χ3n) is 6.35. The number of nitrogens with one attached hydrogen (secondary N) is 1. The summed E-state index contributed by atoms with van der Waals surface area (Å²) < 4.78 is 27.2. The molecule has 1 saturated carbocycles. The first-order valence-electron chi connectivity index (χ1n) is 10.7. The minimum absolute atomic E-state index is 0.0879. The lowest BCUT2D eigenvalue weighted by molar-refractivity contribution is -0.118. The van der Waals surface area contributed by atoms with Crippen LogP contribution in [0.25, 0.3) is 0 Å². The van der Waals surface area contributed by atoms with E-state index in [4.69, 9.17) is 0 Å². The number of fused-ring (bicyclic) bond motifs is 1. The van der Waals surface area contributed by atoms with Gasteiger partial charge in [-0.15, -0.1) is 11.3 Å². The highest BCUT2D eigenvalue weighted by Gasteiger charge is 2.40. The zero-order valence-electron chi connectivity index (χ0n) is 16.9.